The lowest BCUT2D eigenvalue weighted by molar-refractivity contribution is -0.137. The second kappa shape index (κ2) is 9.40. The van der Waals surface area contributed by atoms with E-state index in [-0.39, 0.29) is 17.5 Å². The third-order valence-corrected chi connectivity index (χ3v) is 7.41. The monoisotopic (exact) mass is 454 g/mol. The lowest BCUT2D eigenvalue weighted by Crippen LogP contribution is -2.45. The van der Waals surface area contributed by atoms with E-state index < -0.39 is 33.2 Å². The summed E-state index contributed by atoms with van der Waals surface area (Å²) in [7, 11) is -3.69. The Hall–Kier alpha value is -2.39. The summed E-state index contributed by atoms with van der Waals surface area (Å²) < 4.78 is 67.1. The van der Waals surface area contributed by atoms with Crippen molar-refractivity contribution in [1.29, 1.82) is 0 Å². The van der Waals surface area contributed by atoms with Gasteiger partial charge in [-0.2, -0.15) is 17.5 Å². The minimum atomic E-state index is -4.63. The molecule has 0 bridgehead atoms. The maximum Gasteiger partial charge on any atom is 0.417 e. The summed E-state index contributed by atoms with van der Waals surface area (Å²) in [5, 5.41) is 2.52. The Morgan fingerprint density at radius 3 is 2.45 bits per heavy atom. The van der Waals surface area contributed by atoms with Gasteiger partial charge in [0, 0.05) is 19.1 Å². The van der Waals surface area contributed by atoms with Crippen LogP contribution in [0.2, 0.25) is 0 Å². The number of carbonyl (C=O) groups excluding carboxylic acids is 1. The number of hydrogen-bond acceptors (Lipinski definition) is 3. The highest BCUT2D eigenvalue weighted by Crippen LogP contribution is 2.32. The Morgan fingerprint density at radius 2 is 1.77 bits per heavy atom. The minimum absolute atomic E-state index is 0.0790. The van der Waals surface area contributed by atoms with Gasteiger partial charge in [-0.25, -0.2) is 8.42 Å². The molecule has 1 amide bonds. The molecular formula is C22H25F3N2O3S. The van der Waals surface area contributed by atoms with Crippen molar-refractivity contribution in [1.82, 2.24) is 9.62 Å². The van der Waals surface area contributed by atoms with Gasteiger partial charge in [-0.1, -0.05) is 36.2 Å². The van der Waals surface area contributed by atoms with E-state index in [0.717, 1.165) is 30.5 Å². The Morgan fingerprint density at radius 1 is 1.10 bits per heavy atom. The van der Waals surface area contributed by atoms with Crippen molar-refractivity contribution < 1.29 is 26.4 Å². The normalized spacial score (nSPS) is 18.0. The van der Waals surface area contributed by atoms with Gasteiger partial charge < -0.3 is 5.32 Å². The molecule has 5 nitrogen and oxygen atoms in total. The van der Waals surface area contributed by atoms with Crippen LogP contribution in [0, 0.1) is 6.92 Å². The van der Waals surface area contributed by atoms with E-state index in [1.807, 2.05) is 6.92 Å². The van der Waals surface area contributed by atoms with E-state index in [1.165, 1.54) is 16.4 Å². The first-order valence-corrected chi connectivity index (χ1v) is 11.6. The molecule has 3 rings (SSSR count). The molecule has 168 valence electrons. The average molecular weight is 455 g/mol. The predicted octanol–water partition coefficient (Wildman–Crippen LogP) is 4.38. The van der Waals surface area contributed by atoms with Crippen molar-refractivity contribution in [3.8, 4) is 0 Å². The molecule has 9 heteroatoms. The fraction of sp³-hybridized carbons (Fsp3) is 0.409. The number of alkyl halides is 3. The van der Waals surface area contributed by atoms with E-state index in [0.29, 0.717) is 19.4 Å². The molecule has 1 N–H and O–H groups in total. The zero-order chi connectivity index (χ0) is 22.6. The molecule has 1 unspecified atom stereocenters. The third kappa shape index (κ3) is 5.46. The zero-order valence-corrected chi connectivity index (χ0v) is 18.0. The molecule has 1 heterocycles. The largest absolute Gasteiger partial charge is 0.417 e. The molecule has 0 saturated carbocycles. The van der Waals surface area contributed by atoms with Crippen molar-refractivity contribution in [2.45, 2.75) is 49.7 Å². The van der Waals surface area contributed by atoms with Crippen LogP contribution in [0.4, 0.5) is 13.2 Å². The van der Waals surface area contributed by atoms with Crippen LogP contribution in [-0.2, 0) is 16.2 Å². The molecule has 1 aliphatic heterocycles. The Kier molecular flexibility index (Phi) is 7.06. The summed E-state index contributed by atoms with van der Waals surface area (Å²) in [6, 6.07) is 10.9. The van der Waals surface area contributed by atoms with Crippen LogP contribution >= 0.6 is 0 Å². The van der Waals surface area contributed by atoms with Gasteiger partial charge in [-0.3, -0.25) is 4.79 Å². The van der Waals surface area contributed by atoms with Gasteiger partial charge in [-0.15, -0.1) is 0 Å². The summed E-state index contributed by atoms with van der Waals surface area (Å²) in [4.78, 5) is 12.6. The molecule has 1 saturated heterocycles. The number of nitrogens with one attached hydrogen (secondary N) is 1. The lowest BCUT2D eigenvalue weighted by atomic mass is 10.0. The third-order valence-electron chi connectivity index (χ3n) is 5.44. The molecule has 0 aromatic heterocycles. The summed E-state index contributed by atoms with van der Waals surface area (Å²) in [6.07, 6.45) is -2.07. The first-order chi connectivity index (χ1) is 14.6. The topological polar surface area (TPSA) is 66.5 Å². The smallest absolute Gasteiger partial charge is 0.352 e. The quantitative estimate of drug-likeness (QED) is 0.705. The van der Waals surface area contributed by atoms with E-state index >= 15 is 0 Å². The molecule has 1 fully saturated rings. The molecule has 0 aliphatic carbocycles. The zero-order valence-electron chi connectivity index (χ0n) is 17.2. The van der Waals surface area contributed by atoms with Crippen LogP contribution in [0.25, 0.3) is 0 Å². The summed E-state index contributed by atoms with van der Waals surface area (Å²) in [5.74, 6) is -0.823. The SMILES string of the molecule is Cc1ccc(S(=O)(=O)N2CCCCC2CCNC(=O)c2ccccc2C(F)(F)F)cc1. The van der Waals surface area contributed by atoms with Gasteiger partial charge in [0.2, 0.25) is 10.0 Å². The molecule has 0 radical (unpaired) electrons. The summed E-state index contributed by atoms with van der Waals surface area (Å²) in [6.45, 7) is 2.33. The summed E-state index contributed by atoms with van der Waals surface area (Å²) in [5.41, 5.74) is -0.479. The van der Waals surface area contributed by atoms with Crippen LogP contribution in [-0.4, -0.2) is 37.8 Å². The number of aryl methyl sites for hydroxylation is 1. The molecule has 0 spiro atoms. The molecule has 31 heavy (non-hydrogen) atoms. The fourth-order valence-electron chi connectivity index (χ4n) is 3.80. The second-order valence-electron chi connectivity index (χ2n) is 7.67. The number of carbonyl (C=O) groups is 1. The van der Waals surface area contributed by atoms with Crippen molar-refractivity contribution in [3.63, 3.8) is 0 Å². The van der Waals surface area contributed by atoms with Gasteiger partial charge in [0.25, 0.3) is 5.91 Å². The Labute approximate surface area is 180 Å². The maximum absolute atomic E-state index is 13.1. The highest BCUT2D eigenvalue weighted by atomic mass is 32.2. The number of nitrogens with zero attached hydrogens (tertiary/aromatic N) is 1. The van der Waals surface area contributed by atoms with E-state index in [1.54, 1.807) is 24.3 Å². The molecular weight excluding hydrogens is 429 g/mol. The second-order valence-corrected chi connectivity index (χ2v) is 9.56. The van der Waals surface area contributed by atoms with Gasteiger partial charge in [0.05, 0.1) is 16.0 Å². The molecule has 1 aliphatic rings. The maximum atomic E-state index is 13.1. The number of benzene rings is 2. The highest BCUT2D eigenvalue weighted by Gasteiger charge is 2.35. The molecule has 2 aromatic carbocycles. The van der Waals surface area contributed by atoms with Crippen molar-refractivity contribution in [2.75, 3.05) is 13.1 Å². The van der Waals surface area contributed by atoms with Crippen molar-refractivity contribution in [2.24, 2.45) is 0 Å². The number of sulfonamides is 1. The number of halogens is 3. The summed E-state index contributed by atoms with van der Waals surface area (Å²) >= 11 is 0. The first kappa shape index (κ1) is 23.3. The van der Waals surface area contributed by atoms with Crippen LogP contribution in [0.15, 0.2) is 53.4 Å². The van der Waals surface area contributed by atoms with Crippen molar-refractivity contribution in [3.05, 3.63) is 65.2 Å². The van der Waals surface area contributed by atoms with Crippen LogP contribution < -0.4 is 5.32 Å². The van der Waals surface area contributed by atoms with Crippen LogP contribution in [0.3, 0.4) is 0 Å². The highest BCUT2D eigenvalue weighted by molar-refractivity contribution is 7.89. The Bertz CT molecular complexity index is 1020. The molecule has 2 aromatic rings. The van der Waals surface area contributed by atoms with Gasteiger partial charge >= 0.3 is 6.18 Å². The first-order valence-electron chi connectivity index (χ1n) is 10.1. The predicted molar refractivity (Wildman–Crippen MR) is 111 cm³/mol. The van der Waals surface area contributed by atoms with Crippen LogP contribution in [0.1, 0.15) is 47.2 Å². The fourth-order valence-corrected chi connectivity index (χ4v) is 5.52. The Balaban J connectivity index is 1.68. The minimum Gasteiger partial charge on any atom is -0.352 e. The van der Waals surface area contributed by atoms with Gasteiger partial charge in [0.15, 0.2) is 0 Å². The number of piperidine rings is 1. The van der Waals surface area contributed by atoms with Crippen molar-refractivity contribution >= 4 is 15.9 Å². The lowest BCUT2D eigenvalue weighted by Gasteiger charge is -2.34. The van der Waals surface area contributed by atoms with E-state index in [4.69, 9.17) is 0 Å². The van der Waals surface area contributed by atoms with E-state index in [2.05, 4.69) is 5.32 Å². The number of rotatable bonds is 6. The van der Waals surface area contributed by atoms with Gasteiger partial charge in [-0.05, 0) is 50.5 Å². The average Bonchev–Trinajstić information content (AvgIpc) is 2.73. The van der Waals surface area contributed by atoms with Crippen LogP contribution in [0.5, 0.6) is 0 Å². The number of amides is 1. The standard InChI is InChI=1S/C22H25F3N2O3S/c1-16-9-11-18(12-10-16)31(29,30)27-15-5-4-6-17(27)13-14-26-21(28)19-7-2-3-8-20(19)22(23,24)25/h2-3,7-12,17H,4-6,13-15H2,1H3,(H,26,28). The molecule has 1 atom stereocenters. The number of hydrogen-bond donors (Lipinski definition) is 1. The van der Waals surface area contributed by atoms with Gasteiger partial charge in [0.1, 0.15) is 0 Å². The van der Waals surface area contributed by atoms with E-state index in [9.17, 15) is 26.4 Å².